The second kappa shape index (κ2) is 4.58. The third kappa shape index (κ3) is 2.85. The summed E-state index contributed by atoms with van der Waals surface area (Å²) in [5.41, 5.74) is 2.62. The highest BCUT2D eigenvalue weighted by molar-refractivity contribution is 5.24. The Bertz CT molecular complexity index is 349. The van der Waals surface area contributed by atoms with Crippen LogP contribution in [0.2, 0.25) is 0 Å². The van der Waals surface area contributed by atoms with Gasteiger partial charge < -0.3 is 9.84 Å². The molecule has 0 fully saturated rings. The van der Waals surface area contributed by atoms with Crippen molar-refractivity contribution in [1.29, 1.82) is 0 Å². The van der Waals surface area contributed by atoms with Crippen LogP contribution in [0.25, 0.3) is 0 Å². The molecule has 0 atom stereocenters. The van der Waals surface area contributed by atoms with Gasteiger partial charge in [-0.2, -0.15) is 0 Å². The maximum atomic E-state index is 5.44. The highest BCUT2D eigenvalue weighted by Gasteiger charge is 2.19. The van der Waals surface area contributed by atoms with Gasteiger partial charge in [-0.15, -0.1) is 0 Å². The Kier molecular flexibility index (Phi) is 3.33. The Morgan fingerprint density at radius 1 is 1.19 bits per heavy atom. The van der Waals surface area contributed by atoms with Crippen LogP contribution in [0.4, 0.5) is 0 Å². The Hall–Kier alpha value is -0.830. The quantitative estimate of drug-likeness (QED) is 0.782. The van der Waals surface area contributed by atoms with Crippen LogP contribution < -0.4 is 5.32 Å². The van der Waals surface area contributed by atoms with Crippen molar-refractivity contribution in [2.75, 3.05) is 0 Å². The van der Waals surface area contributed by atoms with Gasteiger partial charge in [-0.25, -0.2) is 0 Å². The lowest BCUT2D eigenvalue weighted by Gasteiger charge is -2.19. The van der Waals surface area contributed by atoms with Gasteiger partial charge in [0.05, 0.1) is 0 Å². The van der Waals surface area contributed by atoms with E-state index in [1.54, 1.807) is 0 Å². The molecule has 0 amide bonds. The van der Waals surface area contributed by atoms with Gasteiger partial charge in [-0.05, 0) is 40.0 Å². The molecule has 0 radical (unpaired) electrons. The number of rotatable bonds is 2. The smallest absolute Gasteiger partial charge is 0.140 e. The number of aryl methyl sites for hydroxylation is 1. The number of hydrogen-bond acceptors (Lipinski definition) is 3. The van der Waals surface area contributed by atoms with E-state index in [1.807, 2.05) is 0 Å². The number of fused-ring (bicyclic) bond motifs is 1. The molecule has 16 heavy (non-hydrogen) atoms. The third-order valence-corrected chi connectivity index (χ3v) is 3.07. The Morgan fingerprint density at radius 2 is 1.94 bits per heavy atom. The van der Waals surface area contributed by atoms with Crippen LogP contribution in [-0.2, 0) is 19.4 Å². The molecule has 0 spiro atoms. The summed E-state index contributed by atoms with van der Waals surface area (Å²) in [5, 5.41) is 7.68. The molecule has 0 unspecified atom stereocenters. The summed E-state index contributed by atoms with van der Waals surface area (Å²) in [4.78, 5) is 0. The SMILES string of the molecule is CC(C)(C)NCc1noc2c1CCCCC2. The van der Waals surface area contributed by atoms with E-state index in [9.17, 15) is 0 Å². The molecule has 1 aromatic rings. The van der Waals surface area contributed by atoms with E-state index in [0.717, 1.165) is 30.8 Å². The zero-order chi connectivity index (χ0) is 11.6. The van der Waals surface area contributed by atoms with E-state index >= 15 is 0 Å². The summed E-state index contributed by atoms with van der Waals surface area (Å²) in [7, 11) is 0. The van der Waals surface area contributed by atoms with E-state index in [0.29, 0.717) is 0 Å². The zero-order valence-electron chi connectivity index (χ0n) is 10.6. The topological polar surface area (TPSA) is 38.1 Å². The van der Waals surface area contributed by atoms with Crippen molar-refractivity contribution in [2.24, 2.45) is 0 Å². The summed E-state index contributed by atoms with van der Waals surface area (Å²) in [5.74, 6) is 1.13. The molecule has 3 heteroatoms. The van der Waals surface area contributed by atoms with Crippen molar-refractivity contribution in [3.8, 4) is 0 Å². The van der Waals surface area contributed by atoms with Gasteiger partial charge in [0.15, 0.2) is 0 Å². The van der Waals surface area contributed by atoms with Crippen LogP contribution in [0.3, 0.4) is 0 Å². The molecule has 1 N–H and O–H groups in total. The van der Waals surface area contributed by atoms with E-state index < -0.39 is 0 Å². The number of aromatic nitrogens is 1. The lowest BCUT2D eigenvalue weighted by atomic mass is 10.1. The van der Waals surface area contributed by atoms with Gasteiger partial charge in [0.1, 0.15) is 11.5 Å². The predicted molar refractivity (Wildman–Crippen MR) is 64.4 cm³/mol. The number of nitrogens with one attached hydrogen (secondary N) is 1. The monoisotopic (exact) mass is 222 g/mol. The molecule has 0 bridgehead atoms. The highest BCUT2D eigenvalue weighted by atomic mass is 16.5. The largest absolute Gasteiger partial charge is 0.361 e. The minimum absolute atomic E-state index is 0.135. The fraction of sp³-hybridized carbons (Fsp3) is 0.769. The summed E-state index contributed by atoms with van der Waals surface area (Å²) in [6, 6.07) is 0. The molecular formula is C13H22N2O. The second-order valence-electron chi connectivity index (χ2n) is 5.70. The van der Waals surface area contributed by atoms with E-state index in [1.165, 1.54) is 24.8 Å². The highest BCUT2D eigenvalue weighted by Crippen LogP contribution is 2.23. The van der Waals surface area contributed by atoms with Crippen LogP contribution in [-0.4, -0.2) is 10.7 Å². The first-order valence-corrected chi connectivity index (χ1v) is 6.27. The van der Waals surface area contributed by atoms with Crippen LogP contribution in [0.1, 0.15) is 57.1 Å². The van der Waals surface area contributed by atoms with Crippen LogP contribution in [0.15, 0.2) is 4.52 Å². The molecule has 0 saturated carbocycles. The van der Waals surface area contributed by atoms with Crippen molar-refractivity contribution in [1.82, 2.24) is 10.5 Å². The van der Waals surface area contributed by atoms with Gasteiger partial charge >= 0.3 is 0 Å². The van der Waals surface area contributed by atoms with Crippen LogP contribution >= 0.6 is 0 Å². The molecule has 3 nitrogen and oxygen atoms in total. The summed E-state index contributed by atoms with van der Waals surface area (Å²) >= 11 is 0. The second-order valence-corrected chi connectivity index (χ2v) is 5.70. The number of nitrogens with zero attached hydrogens (tertiary/aromatic N) is 1. The molecule has 1 aromatic heterocycles. The zero-order valence-corrected chi connectivity index (χ0v) is 10.6. The lowest BCUT2D eigenvalue weighted by molar-refractivity contribution is 0.363. The van der Waals surface area contributed by atoms with Crippen molar-refractivity contribution < 1.29 is 4.52 Å². The normalized spacial score (nSPS) is 16.9. The van der Waals surface area contributed by atoms with Gasteiger partial charge in [-0.3, -0.25) is 0 Å². The van der Waals surface area contributed by atoms with Crippen molar-refractivity contribution in [2.45, 2.75) is 65.0 Å². The Labute approximate surface area is 97.6 Å². The summed E-state index contributed by atoms with van der Waals surface area (Å²) in [6.45, 7) is 7.34. The van der Waals surface area contributed by atoms with E-state index in [4.69, 9.17) is 4.52 Å². The van der Waals surface area contributed by atoms with Crippen molar-refractivity contribution in [3.63, 3.8) is 0 Å². The van der Waals surface area contributed by atoms with Gasteiger partial charge in [0, 0.05) is 24.1 Å². The Morgan fingerprint density at radius 3 is 2.69 bits per heavy atom. The van der Waals surface area contributed by atoms with Gasteiger partial charge in [0.25, 0.3) is 0 Å². The van der Waals surface area contributed by atoms with Gasteiger partial charge in [0.2, 0.25) is 0 Å². The first-order chi connectivity index (χ1) is 7.56. The van der Waals surface area contributed by atoms with E-state index in [2.05, 4.69) is 31.2 Å². The lowest BCUT2D eigenvalue weighted by Crippen LogP contribution is -2.35. The molecule has 1 aliphatic rings. The van der Waals surface area contributed by atoms with Crippen LogP contribution in [0.5, 0.6) is 0 Å². The molecule has 0 saturated heterocycles. The molecule has 0 aromatic carbocycles. The molecule has 2 rings (SSSR count). The molecule has 1 heterocycles. The average molecular weight is 222 g/mol. The molecule has 0 aliphatic heterocycles. The fourth-order valence-electron chi connectivity index (χ4n) is 2.11. The van der Waals surface area contributed by atoms with Gasteiger partial charge in [-0.1, -0.05) is 11.6 Å². The molecule has 1 aliphatic carbocycles. The third-order valence-electron chi connectivity index (χ3n) is 3.07. The predicted octanol–water partition coefficient (Wildman–Crippen LogP) is 2.83. The van der Waals surface area contributed by atoms with Crippen molar-refractivity contribution >= 4 is 0 Å². The first kappa shape index (κ1) is 11.6. The Balaban J connectivity index is 2.07. The van der Waals surface area contributed by atoms with Crippen molar-refractivity contribution in [3.05, 3.63) is 17.0 Å². The standard InChI is InChI=1S/C13H22N2O/c1-13(2,3)14-9-11-10-7-5-4-6-8-12(10)16-15-11/h14H,4-9H2,1-3H3. The summed E-state index contributed by atoms with van der Waals surface area (Å²) < 4.78 is 5.44. The molecule has 90 valence electrons. The number of hydrogen-bond donors (Lipinski definition) is 1. The maximum Gasteiger partial charge on any atom is 0.140 e. The van der Waals surface area contributed by atoms with E-state index in [-0.39, 0.29) is 5.54 Å². The minimum Gasteiger partial charge on any atom is -0.361 e. The summed E-state index contributed by atoms with van der Waals surface area (Å²) in [6.07, 6.45) is 6.04. The average Bonchev–Trinajstić information content (AvgIpc) is 2.43. The van der Waals surface area contributed by atoms with Crippen LogP contribution in [0, 0.1) is 0 Å². The molecular weight excluding hydrogens is 200 g/mol. The first-order valence-electron chi connectivity index (χ1n) is 6.27. The fourth-order valence-corrected chi connectivity index (χ4v) is 2.11. The maximum absolute atomic E-state index is 5.44. The minimum atomic E-state index is 0.135.